The summed E-state index contributed by atoms with van der Waals surface area (Å²) in [6.45, 7) is 1.98. The van der Waals surface area contributed by atoms with Gasteiger partial charge in [0.05, 0.1) is 19.1 Å². The molecule has 0 aromatic carbocycles. The second-order valence-corrected chi connectivity index (χ2v) is 7.88. The van der Waals surface area contributed by atoms with E-state index < -0.39 is 11.9 Å². The molecule has 0 saturated carbocycles. The molecular formula is C24H45N2NaO5. The first-order chi connectivity index (χ1) is 14.8. The standard InChI is InChI=1S/C21H39NO3.C3H7NO2.Na/c1-3-4-5-6-7-8-9-10-11-12-13-14-15-16-17-18-20(23)22(2)19-21(24)25;1-4-2-3(5)6;/h10-11H,3-9,12-19H2,1-2H3,(H,24,25);4H,2H2,1H3,(H,5,6);/q;;+1/p-1/b11-10+;;. The van der Waals surface area contributed by atoms with Crippen molar-refractivity contribution in [2.45, 2.75) is 96.8 Å². The van der Waals surface area contributed by atoms with E-state index in [0.717, 1.165) is 25.7 Å². The van der Waals surface area contributed by atoms with Crippen LogP contribution in [0.4, 0.5) is 0 Å². The minimum Gasteiger partial charge on any atom is -0.548 e. The van der Waals surface area contributed by atoms with Crippen molar-refractivity contribution in [1.29, 1.82) is 0 Å². The molecule has 0 heterocycles. The van der Waals surface area contributed by atoms with Crippen LogP contribution in [-0.4, -0.2) is 55.0 Å². The van der Waals surface area contributed by atoms with Crippen molar-refractivity contribution < 1.29 is 54.2 Å². The predicted molar refractivity (Wildman–Crippen MR) is 124 cm³/mol. The van der Waals surface area contributed by atoms with E-state index in [4.69, 9.17) is 5.11 Å². The molecule has 0 spiro atoms. The molecule has 182 valence electrons. The van der Waals surface area contributed by atoms with Crippen LogP contribution in [0.1, 0.15) is 96.8 Å². The Bertz CT molecular complexity index is 487. The molecule has 2 N–H and O–H groups in total. The number of carboxylic acids is 2. The number of amides is 1. The van der Waals surface area contributed by atoms with Crippen LogP contribution in [0.2, 0.25) is 0 Å². The van der Waals surface area contributed by atoms with E-state index in [9.17, 15) is 19.5 Å². The molecule has 0 unspecified atom stereocenters. The number of rotatable bonds is 19. The number of nitrogens with zero attached hydrogens (tertiary/aromatic N) is 1. The number of carbonyl (C=O) groups is 3. The fraction of sp³-hybridized carbons (Fsp3) is 0.792. The normalized spacial score (nSPS) is 10.2. The Morgan fingerprint density at radius 3 is 1.75 bits per heavy atom. The van der Waals surface area contributed by atoms with Gasteiger partial charge in [-0.1, -0.05) is 70.4 Å². The average molecular weight is 465 g/mol. The Kier molecular flexibility index (Phi) is 31.4. The van der Waals surface area contributed by atoms with E-state index in [1.807, 2.05) is 0 Å². The van der Waals surface area contributed by atoms with Crippen molar-refractivity contribution >= 4 is 17.8 Å². The number of allylic oxidation sites excluding steroid dienone is 2. The number of hydrogen-bond donors (Lipinski definition) is 2. The van der Waals surface area contributed by atoms with Gasteiger partial charge in [0.15, 0.2) is 0 Å². The van der Waals surface area contributed by atoms with Crippen molar-refractivity contribution in [3.8, 4) is 0 Å². The first kappa shape index (κ1) is 35.7. The molecule has 0 fully saturated rings. The molecule has 32 heavy (non-hydrogen) atoms. The van der Waals surface area contributed by atoms with Crippen LogP contribution >= 0.6 is 0 Å². The molecule has 7 nitrogen and oxygen atoms in total. The van der Waals surface area contributed by atoms with Crippen molar-refractivity contribution in [2.75, 3.05) is 27.2 Å². The summed E-state index contributed by atoms with van der Waals surface area (Å²) in [6, 6.07) is 0. The molecule has 0 atom stereocenters. The summed E-state index contributed by atoms with van der Waals surface area (Å²) in [5.74, 6) is -2.14. The molecule has 0 saturated heterocycles. The Labute approximate surface area is 217 Å². The van der Waals surface area contributed by atoms with Crippen LogP contribution in [0.5, 0.6) is 0 Å². The predicted octanol–water partition coefficient (Wildman–Crippen LogP) is 0.527. The zero-order valence-electron chi connectivity index (χ0n) is 21.0. The zero-order chi connectivity index (χ0) is 23.7. The van der Waals surface area contributed by atoms with E-state index in [-0.39, 0.29) is 48.6 Å². The van der Waals surface area contributed by atoms with Gasteiger partial charge in [-0.2, -0.15) is 0 Å². The maximum Gasteiger partial charge on any atom is 1.00 e. The van der Waals surface area contributed by atoms with Gasteiger partial charge >= 0.3 is 35.5 Å². The van der Waals surface area contributed by atoms with Gasteiger partial charge in [0.1, 0.15) is 0 Å². The van der Waals surface area contributed by atoms with Crippen molar-refractivity contribution in [3.63, 3.8) is 0 Å². The molecule has 0 aliphatic rings. The van der Waals surface area contributed by atoms with Gasteiger partial charge < -0.3 is 25.2 Å². The van der Waals surface area contributed by atoms with Crippen LogP contribution in [0.3, 0.4) is 0 Å². The molecule has 0 aromatic heterocycles. The monoisotopic (exact) mass is 464 g/mol. The number of aliphatic carboxylic acids is 2. The second kappa shape index (κ2) is 28.1. The Morgan fingerprint density at radius 1 is 0.875 bits per heavy atom. The summed E-state index contributed by atoms with van der Waals surface area (Å²) in [7, 11) is 3.10. The molecule has 0 bridgehead atoms. The molecule has 0 radical (unpaired) electrons. The Balaban J connectivity index is -0.00000105. The third kappa shape index (κ3) is 31.3. The molecule has 0 aromatic rings. The molecule has 0 rings (SSSR count). The van der Waals surface area contributed by atoms with Gasteiger partial charge in [-0.15, -0.1) is 0 Å². The first-order valence-corrected chi connectivity index (χ1v) is 11.8. The maximum atomic E-state index is 11.6. The van der Waals surface area contributed by atoms with Gasteiger partial charge in [-0.25, -0.2) is 0 Å². The summed E-state index contributed by atoms with van der Waals surface area (Å²) < 4.78 is 0. The van der Waals surface area contributed by atoms with Crippen molar-refractivity contribution in [3.05, 3.63) is 12.2 Å². The summed E-state index contributed by atoms with van der Waals surface area (Å²) in [6.07, 6.45) is 21.0. The minimum absolute atomic E-state index is 0. The number of nitrogens with one attached hydrogen (secondary N) is 1. The van der Waals surface area contributed by atoms with Gasteiger partial charge in [0, 0.05) is 13.5 Å². The SMILES string of the molecule is CCCCCCCC/C=C/CCCCCCCC(=O)N(C)CC(=O)[O-].CNCC(=O)O.[Na+]. The van der Waals surface area contributed by atoms with Gasteiger partial charge in [-0.3, -0.25) is 9.59 Å². The smallest absolute Gasteiger partial charge is 0.548 e. The molecule has 0 aliphatic carbocycles. The summed E-state index contributed by atoms with van der Waals surface area (Å²) in [5, 5.41) is 20.7. The fourth-order valence-corrected chi connectivity index (χ4v) is 2.97. The van der Waals surface area contributed by atoms with E-state index in [1.54, 1.807) is 7.05 Å². The van der Waals surface area contributed by atoms with E-state index in [1.165, 1.54) is 69.7 Å². The first-order valence-electron chi connectivity index (χ1n) is 11.8. The number of carboxylic acid groups (broad SMARTS) is 2. The molecule has 0 aliphatic heterocycles. The van der Waals surface area contributed by atoms with E-state index >= 15 is 0 Å². The average Bonchev–Trinajstić information content (AvgIpc) is 2.70. The number of likely N-dealkylation sites (N-methyl/N-ethyl adjacent to an activating group) is 2. The molecule has 1 amide bonds. The van der Waals surface area contributed by atoms with Gasteiger partial charge in [0.25, 0.3) is 0 Å². The second-order valence-electron chi connectivity index (χ2n) is 7.88. The summed E-state index contributed by atoms with van der Waals surface area (Å²) >= 11 is 0. The van der Waals surface area contributed by atoms with Crippen LogP contribution < -0.4 is 40.0 Å². The van der Waals surface area contributed by atoms with Crippen LogP contribution in [0.15, 0.2) is 12.2 Å². The quantitative estimate of drug-likeness (QED) is 0.164. The van der Waals surface area contributed by atoms with Crippen LogP contribution in [0, 0.1) is 0 Å². The van der Waals surface area contributed by atoms with Gasteiger partial charge in [0.2, 0.25) is 5.91 Å². The zero-order valence-corrected chi connectivity index (χ0v) is 23.0. The maximum absolute atomic E-state index is 11.6. The number of hydrogen-bond acceptors (Lipinski definition) is 5. The summed E-state index contributed by atoms with van der Waals surface area (Å²) in [4.78, 5) is 32.8. The fourth-order valence-electron chi connectivity index (χ4n) is 2.97. The van der Waals surface area contributed by atoms with Gasteiger partial charge in [-0.05, 0) is 39.2 Å². The molecule has 8 heteroatoms. The Hall–Kier alpha value is -0.890. The number of unbranched alkanes of at least 4 members (excludes halogenated alkanes) is 11. The van der Waals surface area contributed by atoms with E-state index in [0.29, 0.717) is 6.42 Å². The number of carbonyl (C=O) groups excluding carboxylic acids is 2. The van der Waals surface area contributed by atoms with Crippen molar-refractivity contribution in [2.24, 2.45) is 0 Å². The van der Waals surface area contributed by atoms with Crippen molar-refractivity contribution in [1.82, 2.24) is 10.2 Å². The third-order valence-electron chi connectivity index (χ3n) is 4.77. The largest absolute Gasteiger partial charge is 1.00 e. The van der Waals surface area contributed by atoms with Crippen LogP contribution in [-0.2, 0) is 14.4 Å². The summed E-state index contributed by atoms with van der Waals surface area (Å²) in [5.41, 5.74) is 0. The Morgan fingerprint density at radius 2 is 1.34 bits per heavy atom. The molecular weight excluding hydrogens is 419 g/mol. The topological polar surface area (TPSA) is 110 Å². The minimum atomic E-state index is -1.21. The van der Waals surface area contributed by atoms with E-state index in [2.05, 4.69) is 24.4 Å². The van der Waals surface area contributed by atoms with Crippen LogP contribution in [0.25, 0.3) is 0 Å². The third-order valence-corrected chi connectivity index (χ3v) is 4.77.